The number of phenols is 1. The summed E-state index contributed by atoms with van der Waals surface area (Å²) >= 11 is 0. The van der Waals surface area contributed by atoms with Crippen molar-refractivity contribution in [2.75, 3.05) is 21.3 Å². The molecule has 0 unspecified atom stereocenters. The first-order valence-electron chi connectivity index (χ1n) is 9.12. The van der Waals surface area contributed by atoms with E-state index in [0.717, 1.165) is 5.57 Å². The number of hydrogen-bond acceptors (Lipinski definition) is 6. The molecule has 1 N–H and O–H groups in total. The number of phenolic OH excluding ortho intramolecular Hbond substituents is 1. The van der Waals surface area contributed by atoms with Crippen LogP contribution in [-0.2, 0) is 6.42 Å². The van der Waals surface area contributed by atoms with Gasteiger partial charge in [0.2, 0.25) is 11.2 Å². The largest absolute Gasteiger partial charge is 0.507 e. The predicted molar refractivity (Wildman–Crippen MR) is 112 cm³/mol. The van der Waals surface area contributed by atoms with Crippen LogP contribution < -0.4 is 19.6 Å². The summed E-state index contributed by atoms with van der Waals surface area (Å²) in [6, 6.07) is 8.53. The summed E-state index contributed by atoms with van der Waals surface area (Å²) in [5.41, 5.74) is 2.27. The van der Waals surface area contributed by atoms with Gasteiger partial charge in [0.1, 0.15) is 28.2 Å². The van der Waals surface area contributed by atoms with Crippen LogP contribution in [0.3, 0.4) is 0 Å². The first-order chi connectivity index (χ1) is 13.9. The first-order valence-corrected chi connectivity index (χ1v) is 9.12. The van der Waals surface area contributed by atoms with Crippen molar-refractivity contribution in [2.24, 2.45) is 0 Å². The van der Waals surface area contributed by atoms with Gasteiger partial charge >= 0.3 is 0 Å². The normalized spacial score (nSPS) is 10.7. The van der Waals surface area contributed by atoms with E-state index in [1.807, 2.05) is 19.9 Å². The molecule has 0 atom stereocenters. The summed E-state index contributed by atoms with van der Waals surface area (Å²) in [6.45, 7) is 3.97. The van der Waals surface area contributed by atoms with E-state index in [9.17, 15) is 9.90 Å². The average molecular weight is 396 g/mol. The molecule has 1 aromatic heterocycles. The van der Waals surface area contributed by atoms with Gasteiger partial charge in [-0.25, -0.2) is 0 Å². The monoisotopic (exact) mass is 396 g/mol. The van der Waals surface area contributed by atoms with Gasteiger partial charge in [0.05, 0.1) is 21.3 Å². The van der Waals surface area contributed by atoms with Crippen LogP contribution in [0.4, 0.5) is 0 Å². The van der Waals surface area contributed by atoms with Gasteiger partial charge in [0.25, 0.3) is 0 Å². The summed E-state index contributed by atoms with van der Waals surface area (Å²) < 4.78 is 22.2. The fourth-order valence-corrected chi connectivity index (χ4v) is 3.16. The third kappa shape index (κ3) is 3.78. The maximum atomic E-state index is 13.2. The predicted octanol–water partition coefficient (Wildman–Crippen LogP) is 4.70. The number of methoxy groups -OCH3 is 3. The minimum atomic E-state index is -0.446. The van der Waals surface area contributed by atoms with Crippen LogP contribution in [0.2, 0.25) is 0 Å². The molecule has 0 amide bonds. The Morgan fingerprint density at radius 3 is 2.31 bits per heavy atom. The number of ether oxygens (including phenoxy) is 3. The molecule has 6 heteroatoms. The number of hydrogen-bond donors (Lipinski definition) is 1. The van der Waals surface area contributed by atoms with Gasteiger partial charge in [-0.2, -0.15) is 0 Å². The molecule has 0 aliphatic heterocycles. The summed E-state index contributed by atoms with van der Waals surface area (Å²) in [5.74, 6) is 1.21. The van der Waals surface area contributed by atoms with Crippen molar-refractivity contribution in [3.8, 4) is 34.3 Å². The summed E-state index contributed by atoms with van der Waals surface area (Å²) in [7, 11) is 4.49. The molecular formula is C23H24O6. The molecule has 6 nitrogen and oxygen atoms in total. The molecule has 0 radical (unpaired) electrons. The molecule has 0 fully saturated rings. The number of benzene rings is 2. The second-order valence-electron chi connectivity index (χ2n) is 6.79. The van der Waals surface area contributed by atoms with Crippen LogP contribution in [0.15, 0.2) is 51.2 Å². The van der Waals surface area contributed by atoms with Crippen molar-refractivity contribution in [3.63, 3.8) is 0 Å². The molecule has 0 saturated carbocycles. The quantitative estimate of drug-likeness (QED) is 0.609. The highest BCUT2D eigenvalue weighted by Gasteiger charge is 2.23. The molecule has 0 saturated heterocycles. The Bertz CT molecular complexity index is 1120. The van der Waals surface area contributed by atoms with E-state index in [4.69, 9.17) is 18.6 Å². The topological polar surface area (TPSA) is 78.1 Å². The zero-order chi connectivity index (χ0) is 21.1. The Morgan fingerprint density at radius 1 is 1.07 bits per heavy atom. The van der Waals surface area contributed by atoms with Crippen LogP contribution in [0.5, 0.6) is 23.0 Å². The van der Waals surface area contributed by atoms with Crippen LogP contribution >= 0.6 is 0 Å². The van der Waals surface area contributed by atoms with Crippen molar-refractivity contribution in [3.05, 3.63) is 57.8 Å². The molecule has 152 valence electrons. The maximum Gasteiger partial charge on any atom is 0.239 e. The standard InChI is InChI=1S/C23H24O6/c1-13(2)6-11-16-18(27-4)12-17(24)19-20(25)23(28-5)21(29-22(16)19)14-7-9-15(26-3)10-8-14/h6-10,12,24H,11H2,1-5H3. The number of aromatic hydroxyl groups is 1. The highest BCUT2D eigenvalue weighted by molar-refractivity contribution is 5.91. The van der Waals surface area contributed by atoms with Crippen molar-refractivity contribution in [1.29, 1.82) is 0 Å². The Labute approximate surface area is 169 Å². The zero-order valence-electron chi connectivity index (χ0n) is 17.2. The zero-order valence-corrected chi connectivity index (χ0v) is 17.2. The van der Waals surface area contributed by atoms with Gasteiger partial charge in [-0.1, -0.05) is 11.6 Å². The van der Waals surface area contributed by atoms with Crippen molar-refractivity contribution < 1.29 is 23.7 Å². The summed E-state index contributed by atoms with van der Waals surface area (Å²) in [4.78, 5) is 13.2. The number of allylic oxidation sites excluding steroid dienone is 2. The third-order valence-corrected chi connectivity index (χ3v) is 4.66. The summed E-state index contributed by atoms with van der Waals surface area (Å²) in [6.07, 6.45) is 2.49. The van der Waals surface area contributed by atoms with Gasteiger partial charge in [-0.3, -0.25) is 4.79 Å². The van der Waals surface area contributed by atoms with Gasteiger partial charge in [-0.05, 0) is 44.5 Å². The molecule has 1 heterocycles. The lowest BCUT2D eigenvalue weighted by Gasteiger charge is -2.15. The molecule has 0 bridgehead atoms. The van der Waals surface area contributed by atoms with E-state index < -0.39 is 5.43 Å². The number of fused-ring (bicyclic) bond motifs is 1. The first kappa shape index (κ1) is 20.3. The molecule has 3 aromatic rings. The van der Waals surface area contributed by atoms with E-state index in [1.165, 1.54) is 20.3 Å². The van der Waals surface area contributed by atoms with E-state index in [-0.39, 0.29) is 28.2 Å². The molecule has 3 rings (SSSR count). The van der Waals surface area contributed by atoms with Gasteiger partial charge in [0, 0.05) is 17.2 Å². The summed E-state index contributed by atoms with van der Waals surface area (Å²) in [5, 5.41) is 10.6. The Kier molecular flexibility index (Phi) is 5.82. The van der Waals surface area contributed by atoms with Gasteiger partial charge in [-0.15, -0.1) is 0 Å². The molecule has 0 spiro atoms. The molecule has 2 aromatic carbocycles. The van der Waals surface area contributed by atoms with E-state index in [2.05, 4.69) is 0 Å². The van der Waals surface area contributed by atoms with Crippen LogP contribution in [0.25, 0.3) is 22.3 Å². The average Bonchev–Trinajstić information content (AvgIpc) is 2.72. The van der Waals surface area contributed by atoms with Crippen LogP contribution in [-0.4, -0.2) is 26.4 Å². The Morgan fingerprint density at radius 2 is 1.76 bits per heavy atom. The minimum Gasteiger partial charge on any atom is -0.507 e. The van der Waals surface area contributed by atoms with Crippen molar-refractivity contribution in [2.45, 2.75) is 20.3 Å². The Balaban J connectivity index is 2.39. The SMILES string of the molecule is COc1ccc(-c2oc3c(CC=C(C)C)c(OC)cc(O)c3c(=O)c2OC)cc1. The van der Waals surface area contributed by atoms with Crippen LogP contribution in [0, 0.1) is 0 Å². The van der Waals surface area contributed by atoms with Crippen molar-refractivity contribution >= 4 is 11.0 Å². The highest BCUT2D eigenvalue weighted by atomic mass is 16.5. The molecule has 0 aliphatic rings. The fourth-order valence-electron chi connectivity index (χ4n) is 3.16. The second-order valence-corrected chi connectivity index (χ2v) is 6.79. The minimum absolute atomic E-state index is 0.0243. The van der Waals surface area contributed by atoms with E-state index in [1.54, 1.807) is 31.4 Å². The fraction of sp³-hybridized carbons (Fsp3) is 0.261. The molecule has 0 aliphatic carbocycles. The van der Waals surface area contributed by atoms with E-state index in [0.29, 0.717) is 29.0 Å². The van der Waals surface area contributed by atoms with Gasteiger partial charge < -0.3 is 23.7 Å². The second kappa shape index (κ2) is 8.31. The molecular weight excluding hydrogens is 372 g/mol. The Hall–Kier alpha value is -3.41. The van der Waals surface area contributed by atoms with Gasteiger partial charge in [0.15, 0.2) is 5.76 Å². The maximum absolute atomic E-state index is 13.2. The van der Waals surface area contributed by atoms with E-state index >= 15 is 0 Å². The molecule has 29 heavy (non-hydrogen) atoms. The van der Waals surface area contributed by atoms with Crippen molar-refractivity contribution in [1.82, 2.24) is 0 Å². The lowest BCUT2D eigenvalue weighted by atomic mass is 10.0. The number of rotatable bonds is 6. The highest BCUT2D eigenvalue weighted by Crippen LogP contribution is 2.39. The third-order valence-electron chi connectivity index (χ3n) is 4.66. The van der Waals surface area contributed by atoms with Crippen LogP contribution in [0.1, 0.15) is 19.4 Å². The smallest absolute Gasteiger partial charge is 0.239 e. The lowest BCUT2D eigenvalue weighted by Crippen LogP contribution is -2.09. The lowest BCUT2D eigenvalue weighted by molar-refractivity contribution is 0.393.